The van der Waals surface area contributed by atoms with Gasteiger partial charge in [0.05, 0.1) is 11.8 Å². The number of rotatable bonds is 2. The molecule has 1 heterocycles. The van der Waals surface area contributed by atoms with Crippen LogP contribution in [0.5, 0.6) is 0 Å². The van der Waals surface area contributed by atoms with E-state index in [4.69, 9.17) is 23.2 Å². The molecule has 0 atom stereocenters. The summed E-state index contributed by atoms with van der Waals surface area (Å²) < 4.78 is 0. The molecule has 0 saturated heterocycles. The second-order valence-corrected chi connectivity index (χ2v) is 2.70. The molecule has 0 amide bonds. The maximum absolute atomic E-state index is 10.7. The number of carbonyl (C=O) groups excluding carboxylic acids is 1. The summed E-state index contributed by atoms with van der Waals surface area (Å²) in [4.78, 5) is 14.3. The van der Waals surface area contributed by atoms with Crippen molar-refractivity contribution in [3.05, 3.63) is 28.2 Å². The maximum atomic E-state index is 10.7. The molecule has 0 aromatic carbocycles. The molecule has 0 aliphatic heterocycles. The van der Waals surface area contributed by atoms with Crippen LogP contribution in [0.25, 0.3) is 0 Å². The molecule has 6 heteroatoms. The first kappa shape index (κ1) is 9.41. The normalized spacial score (nSPS) is 9.92. The van der Waals surface area contributed by atoms with Crippen molar-refractivity contribution in [3.63, 3.8) is 0 Å². The summed E-state index contributed by atoms with van der Waals surface area (Å²) in [5.41, 5.74) is 0.874. The monoisotopic (exact) mass is 206 g/mol. The highest BCUT2D eigenvalue weighted by Crippen LogP contribution is 2.16. The molecule has 0 radical (unpaired) electrons. The summed E-state index contributed by atoms with van der Waals surface area (Å²) in [6.07, 6.45) is 1.26. The fourth-order valence-electron chi connectivity index (χ4n) is 0.667. The van der Waals surface area contributed by atoms with Gasteiger partial charge < -0.3 is 10.7 Å². The van der Waals surface area contributed by atoms with Gasteiger partial charge in [0.2, 0.25) is 0 Å². The van der Waals surface area contributed by atoms with E-state index in [9.17, 15) is 10.0 Å². The van der Waals surface area contributed by atoms with E-state index in [-0.39, 0.29) is 16.4 Å². The zero-order valence-corrected chi connectivity index (χ0v) is 7.26. The van der Waals surface area contributed by atoms with Crippen LogP contribution in [0, 0.1) is 5.21 Å². The molecule has 0 spiro atoms. The van der Waals surface area contributed by atoms with Crippen LogP contribution in [0.4, 0.5) is 5.69 Å². The average molecular weight is 207 g/mol. The van der Waals surface area contributed by atoms with E-state index in [0.717, 1.165) is 0 Å². The highest BCUT2D eigenvalue weighted by atomic mass is 35.5. The summed E-state index contributed by atoms with van der Waals surface area (Å²) in [7, 11) is 0. The predicted octanol–water partition coefficient (Wildman–Crippen LogP) is 0.807. The largest absolute Gasteiger partial charge is 0.630 e. The van der Waals surface area contributed by atoms with Crippen LogP contribution >= 0.6 is 23.2 Å². The molecule has 0 aliphatic rings. The van der Waals surface area contributed by atoms with E-state index in [1.54, 1.807) is 0 Å². The molecule has 1 aromatic rings. The average Bonchev–Trinajstić information content (AvgIpc) is 2.05. The molecule has 4 nitrogen and oxygen atoms in total. The summed E-state index contributed by atoms with van der Waals surface area (Å²) >= 11 is 10.7. The maximum Gasteiger partial charge on any atom is 0.255 e. The van der Waals surface area contributed by atoms with Crippen molar-refractivity contribution in [3.8, 4) is 0 Å². The third-order valence-corrected chi connectivity index (χ3v) is 1.71. The second kappa shape index (κ2) is 3.82. The Labute approximate surface area is 78.1 Å². The van der Waals surface area contributed by atoms with Crippen LogP contribution in [-0.4, -0.2) is 10.2 Å². The van der Waals surface area contributed by atoms with Gasteiger partial charge in [-0.25, -0.2) is 4.98 Å². The standard InChI is InChI=1S/C6H4Cl2N2O2/c7-5-4(6(8)11)1-3(10-12)2-9-5/h1-2H,10H2. The molecule has 0 fully saturated rings. The summed E-state index contributed by atoms with van der Waals surface area (Å²) in [5, 5.41) is 9.53. The van der Waals surface area contributed by atoms with Gasteiger partial charge in [0, 0.05) is 6.07 Å². The molecular formula is C6H4Cl2N2O2. The van der Waals surface area contributed by atoms with Crippen LogP contribution in [-0.2, 0) is 0 Å². The van der Waals surface area contributed by atoms with Gasteiger partial charge in [-0.1, -0.05) is 11.6 Å². The molecule has 1 aromatic heterocycles. The topological polar surface area (TPSA) is 69.6 Å². The molecule has 0 aliphatic carbocycles. The van der Waals surface area contributed by atoms with Gasteiger partial charge in [-0.2, -0.15) is 0 Å². The minimum Gasteiger partial charge on any atom is -0.630 e. The van der Waals surface area contributed by atoms with Crippen molar-refractivity contribution in [2.75, 3.05) is 0 Å². The summed E-state index contributed by atoms with van der Waals surface area (Å²) in [5.74, 6) is 0. The number of hydrogen-bond donors (Lipinski definition) is 1. The third-order valence-electron chi connectivity index (χ3n) is 1.21. The van der Waals surface area contributed by atoms with Gasteiger partial charge in [0.25, 0.3) is 5.24 Å². The number of nitrogens with two attached hydrogens (primary N) is 1. The molecule has 1 rings (SSSR count). The lowest BCUT2D eigenvalue weighted by molar-refractivity contribution is -0.497. The van der Waals surface area contributed by atoms with Crippen LogP contribution in [0.2, 0.25) is 5.15 Å². The molecule has 64 valence electrons. The molecule has 0 saturated carbocycles. The first-order chi connectivity index (χ1) is 5.65. The zero-order valence-electron chi connectivity index (χ0n) is 5.75. The van der Waals surface area contributed by atoms with E-state index in [0.29, 0.717) is 5.48 Å². The lowest BCUT2D eigenvalue weighted by Crippen LogP contribution is -2.70. The zero-order chi connectivity index (χ0) is 9.14. The van der Waals surface area contributed by atoms with Gasteiger partial charge in [-0.05, 0) is 11.6 Å². The number of pyridine rings is 1. The Bertz CT molecular complexity index is 316. The molecule has 0 bridgehead atoms. The SMILES string of the molecule is O=C(Cl)c1cc([NH2+][O-])cnc1Cl. The lowest BCUT2D eigenvalue weighted by atomic mass is 10.3. The number of quaternary nitrogens is 1. The quantitative estimate of drug-likeness (QED) is 0.443. The summed E-state index contributed by atoms with van der Waals surface area (Å²) in [6.45, 7) is 0. The van der Waals surface area contributed by atoms with Crippen molar-refractivity contribution >= 4 is 34.1 Å². The van der Waals surface area contributed by atoms with Gasteiger partial charge in [0.1, 0.15) is 10.8 Å². The van der Waals surface area contributed by atoms with Gasteiger partial charge in [-0.3, -0.25) is 4.79 Å². The van der Waals surface area contributed by atoms with E-state index < -0.39 is 5.24 Å². The van der Waals surface area contributed by atoms with Crippen molar-refractivity contribution in [1.82, 2.24) is 4.98 Å². The lowest BCUT2D eigenvalue weighted by Gasteiger charge is -2.02. The first-order valence-electron chi connectivity index (χ1n) is 2.95. The highest BCUT2D eigenvalue weighted by Gasteiger charge is 2.09. The Balaban J connectivity index is 3.17. The summed E-state index contributed by atoms with van der Waals surface area (Å²) in [6, 6.07) is 1.29. The van der Waals surface area contributed by atoms with Crippen LogP contribution in [0.15, 0.2) is 12.3 Å². The second-order valence-electron chi connectivity index (χ2n) is 2.00. The number of aromatic nitrogens is 1. The smallest absolute Gasteiger partial charge is 0.255 e. The van der Waals surface area contributed by atoms with Crippen molar-refractivity contribution in [2.24, 2.45) is 0 Å². The fraction of sp³-hybridized carbons (Fsp3) is 0. The van der Waals surface area contributed by atoms with Crippen LogP contribution in [0.1, 0.15) is 10.4 Å². The highest BCUT2D eigenvalue weighted by molar-refractivity contribution is 6.68. The third kappa shape index (κ3) is 1.92. The Morgan fingerprint density at radius 3 is 2.83 bits per heavy atom. The van der Waals surface area contributed by atoms with E-state index in [1.807, 2.05) is 0 Å². The van der Waals surface area contributed by atoms with Crippen molar-refractivity contribution < 1.29 is 10.3 Å². The van der Waals surface area contributed by atoms with E-state index in [1.165, 1.54) is 12.3 Å². The Kier molecular flexibility index (Phi) is 2.99. The molecule has 2 N–H and O–H groups in total. The van der Waals surface area contributed by atoms with Crippen molar-refractivity contribution in [2.45, 2.75) is 0 Å². The number of nitrogens with zero attached hydrogens (tertiary/aromatic N) is 1. The number of carbonyl (C=O) groups is 1. The minimum atomic E-state index is -0.726. The van der Waals surface area contributed by atoms with E-state index >= 15 is 0 Å². The van der Waals surface area contributed by atoms with E-state index in [2.05, 4.69) is 4.98 Å². The Morgan fingerprint density at radius 2 is 2.33 bits per heavy atom. The molecule has 12 heavy (non-hydrogen) atoms. The number of halogens is 2. The minimum absolute atomic E-state index is 0.000556. The van der Waals surface area contributed by atoms with Crippen LogP contribution < -0.4 is 5.48 Å². The van der Waals surface area contributed by atoms with Crippen LogP contribution in [0.3, 0.4) is 0 Å². The number of hydrogen-bond acceptors (Lipinski definition) is 3. The Morgan fingerprint density at radius 1 is 1.67 bits per heavy atom. The molecule has 0 unspecified atom stereocenters. The predicted molar refractivity (Wildman–Crippen MR) is 44.4 cm³/mol. The Hall–Kier alpha value is -0.680. The fourth-order valence-corrected chi connectivity index (χ4v) is 1.05. The van der Waals surface area contributed by atoms with Gasteiger partial charge in [-0.15, -0.1) is 0 Å². The first-order valence-corrected chi connectivity index (χ1v) is 3.71. The molecular weight excluding hydrogens is 203 g/mol. The van der Waals surface area contributed by atoms with Gasteiger partial charge >= 0.3 is 0 Å². The van der Waals surface area contributed by atoms with Crippen molar-refractivity contribution in [1.29, 1.82) is 0 Å². The van der Waals surface area contributed by atoms with Gasteiger partial charge in [0.15, 0.2) is 0 Å².